The lowest BCUT2D eigenvalue weighted by molar-refractivity contribution is -0.147. The smallest absolute Gasteiger partial charge is 0.394 e. The van der Waals surface area contributed by atoms with E-state index in [9.17, 15) is 28.8 Å². The molecule has 15 rings (SSSR count). The summed E-state index contributed by atoms with van der Waals surface area (Å²) in [5.74, 6) is -1.74. The molecule has 0 bridgehead atoms. The Bertz CT molecular complexity index is 4830. The number of nitrogens with one attached hydrogen (secondary N) is 4. The maximum Gasteiger partial charge on any atom is 0.394 e. The maximum absolute atomic E-state index is 13.4. The molecule has 6 fully saturated rings. The zero-order valence-electron chi connectivity index (χ0n) is 70.6. The Kier molecular flexibility index (Phi) is 26.9. The van der Waals surface area contributed by atoms with E-state index in [0.717, 1.165) is 133 Å². The van der Waals surface area contributed by atoms with Gasteiger partial charge in [0.1, 0.15) is 0 Å². The number of piperidine rings is 6. The molecule has 0 radical (unpaired) electrons. The minimum Gasteiger partial charge on any atom is -0.474 e. The van der Waals surface area contributed by atoms with Crippen molar-refractivity contribution in [3.63, 3.8) is 0 Å². The number of aliphatic carboxylic acids is 1. The molecule has 6 aromatic heterocycles. The molecular formula is C90H119N15O7S3. The lowest BCUT2D eigenvalue weighted by Crippen LogP contribution is -2.46. The molecule has 6 aliphatic rings. The summed E-state index contributed by atoms with van der Waals surface area (Å²) in [6, 6.07) is 25.4. The molecule has 2 unspecified atom stereocenters. The molecule has 3 aromatic carbocycles. The number of carbonyl (C=O) groups excluding carboxylic acids is 5. The normalized spacial score (nSPS) is 23.7. The Morgan fingerprint density at radius 3 is 1.09 bits per heavy atom. The van der Waals surface area contributed by atoms with Gasteiger partial charge in [0.25, 0.3) is 0 Å². The third-order valence-electron chi connectivity index (χ3n) is 25.5. The van der Waals surface area contributed by atoms with Crippen LogP contribution in [0, 0.1) is 59.3 Å². The van der Waals surface area contributed by atoms with Crippen molar-refractivity contribution in [1.29, 1.82) is 0 Å². The molecule has 5 amide bonds. The third-order valence-corrected chi connectivity index (χ3v) is 29.1. The van der Waals surface area contributed by atoms with Crippen LogP contribution >= 0.6 is 34.0 Å². The van der Waals surface area contributed by atoms with Crippen molar-refractivity contribution in [2.75, 3.05) is 76.4 Å². The summed E-state index contributed by atoms with van der Waals surface area (Å²) in [5, 5.41) is 23.6. The predicted molar refractivity (Wildman–Crippen MR) is 464 cm³/mol. The van der Waals surface area contributed by atoms with E-state index in [1.807, 2.05) is 65.0 Å². The lowest BCUT2D eigenvalue weighted by Gasteiger charge is -2.43. The molecule has 0 saturated carbocycles. The highest BCUT2D eigenvalue weighted by atomic mass is 32.1. The summed E-state index contributed by atoms with van der Waals surface area (Å²) in [4.78, 5) is 113. The number of carboxylic acid groups (broad SMARTS) is 1. The minimum atomic E-state index is -1.51. The summed E-state index contributed by atoms with van der Waals surface area (Å²) in [6.07, 6.45) is 17.8. The molecule has 6 aliphatic heterocycles. The zero-order valence-corrected chi connectivity index (χ0v) is 73.1. The van der Waals surface area contributed by atoms with E-state index in [0.29, 0.717) is 65.8 Å². The van der Waals surface area contributed by atoms with Gasteiger partial charge in [0.15, 0.2) is 0 Å². The van der Waals surface area contributed by atoms with Crippen LogP contribution in [0.4, 0.5) is 17.1 Å². The highest BCUT2D eigenvalue weighted by Crippen LogP contribution is 2.45. The standard InChI is InChI=1S/2C30H39N5O2S.C21H31N3S.C9H10N2O3/c2*1-18-7-9-25(35(17-18)29(37)27(36)32-23-13-19(2)20(3)31-16-23)21-8-10-26-24(14-21)33-28(38-26)22-11-12-34(6)30(4,5)15-22;1-14-5-7-17(22-13-14)15-6-8-19-18(11-15)23-20(25-19)16-9-10-24(4)21(2,3)12-16;1-5-3-7(4-10-6(5)2)11-8(12)9(13)14/h2*8,10,13-14,16,18,22,25H,7,9,11-12,15,17H2,1-6H3,(H,32,36);6,8,11,14,16-17,22H,5,7,9-10,12-13H2,1-4H3;3-4H,1-2H3,(H,11,12)(H,13,14)/t18-,22?,25+;18-,22+,25+;14-,16?,17+;/m000./s1. The largest absolute Gasteiger partial charge is 0.474 e. The first-order valence-electron chi connectivity index (χ1n) is 41.1. The van der Waals surface area contributed by atoms with Gasteiger partial charge in [0.2, 0.25) is 0 Å². The van der Waals surface area contributed by atoms with Crippen LogP contribution < -0.4 is 21.3 Å². The van der Waals surface area contributed by atoms with Crippen LogP contribution in [0.15, 0.2) is 91.4 Å². The van der Waals surface area contributed by atoms with Gasteiger partial charge >= 0.3 is 35.5 Å². The van der Waals surface area contributed by atoms with Crippen LogP contribution in [0.25, 0.3) is 30.6 Å². The van der Waals surface area contributed by atoms with Crippen LogP contribution in [0.3, 0.4) is 0 Å². The molecule has 115 heavy (non-hydrogen) atoms. The molecule has 9 aromatic rings. The first-order valence-corrected chi connectivity index (χ1v) is 43.6. The molecule has 22 nitrogen and oxygen atoms in total. The third kappa shape index (κ3) is 20.7. The van der Waals surface area contributed by atoms with Crippen LogP contribution in [0.1, 0.15) is 241 Å². The number of aromatic nitrogens is 6. The molecule has 0 spiro atoms. The van der Waals surface area contributed by atoms with Crippen molar-refractivity contribution < 1.29 is 33.9 Å². The van der Waals surface area contributed by atoms with Gasteiger partial charge in [0.05, 0.1) is 93.4 Å². The van der Waals surface area contributed by atoms with E-state index in [4.69, 9.17) is 20.1 Å². The first kappa shape index (κ1) is 85.8. The van der Waals surface area contributed by atoms with Gasteiger partial charge in [-0.15, -0.1) is 34.0 Å². The van der Waals surface area contributed by atoms with Gasteiger partial charge in [-0.05, 0) is 313 Å². The predicted octanol–water partition coefficient (Wildman–Crippen LogP) is 17.3. The van der Waals surface area contributed by atoms with Crippen molar-refractivity contribution in [1.82, 2.24) is 59.7 Å². The Morgan fingerprint density at radius 1 is 0.435 bits per heavy atom. The molecule has 0 aliphatic carbocycles. The maximum atomic E-state index is 13.4. The number of aryl methyl sites for hydroxylation is 6. The number of nitrogens with zero attached hydrogens (tertiary/aromatic N) is 11. The van der Waals surface area contributed by atoms with E-state index < -0.39 is 35.5 Å². The Labute approximate surface area is 690 Å². The fraction of sp³-hybridized carbons (Fsp3) is 0.533. The summed E-state index contributed by atoms with van der Waals surface area (Å²) in [7, 11) is 6.66. The van der Waals surface area contributed by atoms with Gasteiger partial charge in [-0.2, -0.15) is 0 Å². The van der Waals surface area contributed by atoms with Crippen molar-refractivity contribution in [2.24, 2.45) is 17.8 Å². The summed E-state index contributed by atoms with van der Waals surface area (Å²) in [6.45, 7) is 37.6. The van der Waals surface area contributed by atoms with E-state index >= 15 is 0 Å². The average Bonchev–Trinajstić information content (AvgIpc) is 1.63. The number of fused-ring (bicyclic) bond motifs is 3. The van der Waals surface area contributed by atoms with E-state index in [1.165, 1.54) is 78.6 Å². The van der Waals surface area contributed by atoms with Crippen LogP contribution in [-0.4, -0.2) is 172 Å². The number of hydrogen-bond donors (Lipinski definition) is 5. The van der Waals surface area contributed by atoms with Crippen LogP contribution in [0.2, 0.25) is 0 Å². The van der Waals surface area contributed by atoms with E-state index in [2.05, 4.69) is 189 Å². The molecule has 12 heterocycles. The number of likely N-dealkylation sites (tertiary alicyclic amines) is 5. The quantitative estimate of drug-likeness (QED) is 0.0841. The van der Waals surface area contributed by atoms with Gasteiger partial charge in [-0.3, -0.25) is 38.9 Å². The van der Waals surface area contributed by atoms with E-state index in [1.54, 1.807) is 50.9 Å². The number of rotatable bonds is 9. The Balaban J connectivity index is 0.000000149. The number of pyridine rings is 3. The van der Waals surface area contributed by atoms with Gasteiger partial charge in [-0.25, -0.2) is 19.7 Å². The number of thiazole rings is 3. The number of amides is 5. The van der Waals surface area contributed by atoms with Gasteiger partial charge in [-0.1, -0.05) is 39.0 Å². The van der Waals surface area contributed by atoms with E-state index in [-0.39, 0.29) is 28.7 Å². The van der Waals surface area contributed by atoms with Gasteiger partial charge < -0.3 is 50.9 Å². The topological polar surface area (TPSA) is 264 Å². The summed E-state index contributed by atoms with van der Waals surface area (Å²) in [5.41, 5.74) is 14.3. The number of benzene rings is 3. The lowest BCUT2D eigenvalue weighted by atomic mass is 9.83. The van der Waals surface area contributed by atoms with Gasteiger partial charge in [0, 0.05) is 70.6 Å². The molecule has 5 N–H and O–H groups in total. The van der Waals surface area contributed by atoms with Crippen LogP contribution in [0.5, 0.6) is 0 Å². The molecular weight excluding hydrogens is 1500 g/mol. The molecule has 6 saturated heterocycles. The average molecular weight is 1620 g/mol. The number of carboxylic acids is 1. The Morgan fingerprint density at radius 2 is 0.765 bits per heavy atom. The first-order chi connectivity index (χ1) is 54.4. The Hall–Kier alpha value is -8.56. The summed E-state index contributed by atoms with van der Waals surface area (Å²) < 4.78 is 3.71. The molecule has 9 atom stereocenters. The molecule has 614 valence electrons. The second-order valence-electron chi connectivity index (χ2n) is 35.6. The minimum absolute atomic E-state index is 0.140. The fourth-order valence-electron chi connectivity index (χ4n) is 16.9. The SMILES string of the molecule is C[C@H]1CC[C@H](c2ccc3sc(C4CCN(C)C(C)(C)C4)nc3c2)NC1.Cc1cc(NC(=O)C(=O)N2C[C@@H](C)CC[C@@H]2c2ccc3sc(C4CCN(C)C(C)(C)C4)nc3c2)cnc1C.Cc1cc(NC(=O)C(=O)N2C[C@@H](C)CC[C@@H]2c2ccc3sc([C@@H]4CCN(C)C(C)(C)C4)nc3c2)cnc1C.Cc1cc(NC(=O)C(=O)O)cnc1C. The fourth-order valence-corrected chi connectivity index (χ4v) is 20.1. The van der Waals surface area contributed by atoms with Crippen molar-refractivity contribution in [2.45, 2.75) is 233 Å². The van der Waals surface area contributed by atoms with Crippen molar-refractivity contribution >= 4 is 117 Å². The second kappa shape index (κ2) is 36.1. The highest BCUT2D eigenvalue weighted by molar-refractivity contribution is 7.19. The van der Waals surface area contributed by atoms with Crippen molar-refractivity contribution in [3.8, 4) is 0 Å². The summed E-state index contributed by atoms with van der Waals surface area (Å²) >= 11 is 5.50. The second-order valence-corrected chi connectivity index (χ2v) is 38.8. The monoisotopic (exact) mass is 1620 g/mol. The number of carbonyl (C=O) groups is 6. The zero-order chi connectivity index (χ0) is 82.7. The molecule has 25 heteroatoms. The van der Waals surface area contributed by atoms with Crippen molar-refractivity contribution in [3.05, 3.63) is 157 Å². The highest BCUT2D eigenvalue weighted by Gasteiger charge is 2.40. The number of hydrogen-bond acceptors (Lipinski definition) is 19. The van der Waals surface area contributed by atoms with Crippen LogP contribution in [-0.2, 0) is 28.8 Å². The number of anilines is 3.